The van der Waals surface area contributed by atoms with Crippen molar-refractivity contribution in [2.24, 2.45) is 0 Å². The summed E-state index contributed by atoms with van der Waals surface area (Å²) in [5.41, 5.74) is -1.49. The van der Waals surface area contributed by atoms with E-state index in [1.165, 1.54) is 0 Å². The van der Waals surface area contributed by atoms with Gasteiger partial charge < -0.3 is 5.11 Å². The third-order valence-electron chi connectivity index (χ3n) is 3.03. The van der Waals surface area contributed by atoms with Gasteiger partial charge in [0, 0.05) is 23.8 Å². The van der Waals surface area contributed by atoms with Gasteiger partial charge in [-0.15, -0.1) is 0 Å². The Morgan fingerprint density at radius 2 is 1.43 bits per heavy atom. The van der Waals surface area contributed by atoms with Crippen LogP contribution in [0.2, 0.25) is 0 Å². The smallest absolute Gasteiger partial charge is 0.335 e. The molecule has 2 aromatic rings. The summed E-state index contributed by atoms with van der Waals surface area (Å²) < 4.78 is 0. The fraction of sp³-hybridized carbons (Fsp3) is 0. The molecule has 0 fully saturated rings. The molecule has 23 heavy (non-hydrogen) atoms. The molecule has 116 valence electrons. The highest BCUT2D eigenvalue weighted by Gasteiger charge is 2.23. The molecule has 0 aliphatic heterocycles. The molecule has 0 aliphatic rings. The van der Waals surface area contributed by atoms with Crippen molar-refractivity contribution in [3.8, 4) is 0 Å². The van der Waals surface area contributed by atoms with Gasteiger partial charge in [-0.3, -0.25) is 25.0 Å². The Labute approximate surface area is 128 Å². The molecule has 1 N–H and O–H groups in total. The second kappa shape index (κ2) is 6.02. The normalized spacial score (nSPS) is 10.1. The number of benzene rings is 2. The highest BCUT2D eigenvalue weighted by atomic mass is 16.6. The number of aromatic carboxylic acids is 1. The third-order valence-corrected chi connectivity index (χ3v) is 3.03. The van der Waals surface area contributed by atoms with Gasteiger partial charge in [0.1, 0.15) is 5.56 Å². The first kappa shape index (κ1) is 15.8. The van der Waals surface area contributed by atoms with Gasteiger partial charge in [-0.25, -0.2) is 4.79 Å². The molecule has 2 aromatic carbocycles. The highest BCUT2D eigenvalue weighted by Crippen LogP contribution is 2.24. The Morgan fingerprint density at radius 1 is 0.870 bits per heavy atom. The molecule has 0 saturated carbocycles. The van der Waals surface area contributed by atoms with Crippen LogP contribution in [0.5, 0.6) is 0 Å². The van der Waals surface area contributed by atoms with Crippen LogP contribution in [0.25, 0.3) is 0 Å². The van der Waals surface area contributed by atoms with Crippen molar-refractivity contribution in [2.75, 3.05) is 0 Å². The monoisotopic (exact) mass is 316 g/mol. The van der Waals surface area contributed by atoms with Crippen LogP contribution in [-0.4, -0.2) is 26.7 Å². The van der Waals surface area contributed by atoms with Crippen LogP contribution in [0, 0.1) is 20.2 Å². The van der Waals surface area contributed by atoms with Gasteiger partial charge in [0.15, 0.2) is 5.78 Å². The standard InChI is InChI=1S/C14H8N2O7/c17-13(8-1-4-10(5-2-8)15(20)21)11-7-9(14(18)19)3-6-12(11)16(22)23/h1-7H,(H,18,19). The summed E-state index contributed by atoms with van der Waals surface area (Å²) in [6.07, 6.45) is 0. The maximum absolute atomic E-state index is 12.4. The van der Waals surface area contributed by atoms with E-state index in [1.54, 1.807) is 0 Å². The second-order valence-corrected chi connectivity index (χ2v) is 4.43. The van der Waals surface area contributed by atoms with E-state index in [0.29, 0.717) is 0 Å². The van der Waals surface area contributed by atoms with E-state index in [4.69, 9.17) is 5.11 Å². The SMILES string of the molecule is O=C(O)c1ccc([N+](=O)[O-])c(C(=O)c2ccc([N+](=O)[O-])cc2)c1. The Morgan fingerprint density at radius 3 is 1.91 bits per heavy atom. The van der Waals surface area contributed by atoms with E-state index in [2.05, 4.69) is 0 Å². The second-order valence-electron chi connectivity index (χ2n) is 4.43. The Kier molecular flexibility index (Phi) is 4.12. The number of rotatable bonds is 5. The number of nitro benzene ring substituents is 2. The van der Waals surface area contributed by atoms with Crippen LogP contribution >= 0.6 is 0 Å². The fourth-order valence-electron chi connectivity index (χ4n) is 1.90. The first-order valence-corrected chi connectivity index (χ1v) is 6.12. The van der Waals surface area contributed by atoms with E-state index in [9.17, 15) is 29.8 Å². The number of nitro groups is 2. The topological polar surface area (TPSA) is 141 Å². The van der Waals surface area contributed by atoms with Gasteiger partial charge in [-0.1, -0.05) is 0 Å². The van der Waals surface area contributed by atoms with Crippen molar-refractivity contribution < 1.29 is 24.5 Å². The minimum atomic E-state index is -1.34. The van der Waals surface area contributed by atoms with Crippen molar-refractivity contribution in [3.63, 3.8) is 0 Å². The van der Waals surface area contributed by atoms with Crippen LogP contribution in [0.3, 0.4) is 0 Å². The number of carbonyl (C=O) groups is 2. The average molecular weight is 316 g/mol. The number of ketones is 1. The third kappa shape index (κ3) is 3.18. The molecule has 0 unspecified atom stereocenters. The lowest BCUT2D eigenvalue weighted by Gasteiger charge is -2.04. The van der Waals surface area contributed by atoms with Gasteiger partial charge in [-0.05, 0) is 24.3 Å². The number of nitrogens with zero attached hydrogens (tertiary/aromatic N) is 2. The lowest BCUT2D eigenvalue weighted by atomic mass is 9.99. The lowest BCUT2D eigenvalue weighted by Crippen LogP contribution is -2.08. The maximum Gasteiger partial charge on any atom is 0.335 e. The van der Waals surface area contributed by atoms with Crippen molar-refractivity contribution in [1.82, 2.24) is 0 Å². The van der Waals surface area contributed by atoms with E-state index in [-0.39, 0.29) is 16.8 Å². The van der Waals surface area contributed by atoms with Crippen LogP contribution in [0.15, 0.2) is 42.5 Å². The number of carboxylic acids is 1. The zero-order valence-corrected chi connectivity index (χ0v) is 11.3. The summed E-state index contributed by atoms with van der Waals surface area (Å²) in [4.78, 5) is 43.4. The van der Waals surface area contributed by atoms with E-state index >= 15 is 0 Å². The summed E-state index contributed by atoms with van der Waals surface area (Å²) in [6.45, 7) is 0. The average Bonchev–Trinajstić information content (AvgIpc) is 2.53. The van der Waals surface area contributed by atoms with Crippen LogP contribution < -0.4 is 0 Å². The summed E-state index contributed by atoms with van der Waals surface area (Å²) >= 11 is 0. The Balaban J connectivity index is 2.52. The molecule has 0 heterocycles. The van der Waals surface area contributed by atoms with E-state index in [1.807, 2.05) is 0 Å². The largest absolute Gasteiger partial charge is 0.478 e. The molecule has 9 nitrogen and oxygen atoms in total. The molecule has 0 aromatic heterocycles. The van der Waals surface area contributed by atoms with Gasteiger partial charge in [0.2, 0.25) is 0 Å². The molecule has 2 rings (SSSR count). The summed E-state index contributed by atoms with van der Waals surface area (Å²) in [5, 5.41) is 30.5. The molecule has 0 amide bonds. The minimum Gasteiger partial charge on any atom is -0.478 e. The van der Waals surface area contributed by atoms with Crippen LogP contribution in [0.4, 0.5) is 11.4 Å². The summed E-state index contributed by atoms with van der Waals surface area (Å²) in [7, 11) is 0. The summed E-state index contributed by atoms with van der Waals surface area (Å²) in [5.74, 6) is -2.13. The van der Waals surface area contributed by atoms with E-state index < -0.39 is 32.9 Å². The Bertz CT molecular complexity index is 828. The number of carboxylic acid groups (broad SMARTS) is 1. The van der Waals surface area contributed by atoms with Crippen molar-refractivity contribution >= 4 is 23.1 Å². The fourth-order valence-corrected chi connectivity index (χ4v) is 1.90. The number of non-ortho nitro benzene ring substituents is 1. The van der Waals surface area contributed by atoms with Gasteiger partial charge in [0.25, 0.3) is 11.4 Å². The van der Waals surface area contributed by atoms with Crippen LogP contribution in [-0.2, 0) is 0 Å². The predicted octanol–water partition coefficient (Wildman–Crippen LogP) is 2.43. The van der Waals surface area contributed by atoms with Gasteiger partial charge in [0.05, 0.1) is 15.4 Å². The van der Waals surface area contributed by atoms with E-state index in [0.717, 1.165) is 42.5 Å². The number of hydrogen-bond donors (Lipinski definition) is 1. The zero-order valence-electron chi connectivity index (χ0n) is 11.3. The van der Waals surface area contributed by atoms with Crippen molar-refractivity contribution in [3.05, 3.63) is 79.4 Å². The predicted molar refractivity (Wildman–Crippen MR) is 76.6 cm³/mol. The van der Waals surface area contributed by atoms with Crippen molar-refractivity contribution in [2.45, 2.75) is 0 Å². The van der Waals surface area contributed by atoms with Gasteiger partial charge >= 0.3 is 5.97 Å². The summed E-state index contributed by atoms with van der Waals surface area (Å²) in [6, 6.07) is 7.33. The molecular weight excluding hydrogens is 308 g/mol. The zero-order chi connectivity index (χ0) is 17.1. The Hall–Kier alpha value is -3.62. The first-order valence-electron chi connectivity index (χ1n) is 6.12. The molecular formula is C14H8N2O7. The molecule has 0 bridgehead atoms. The molecule has 9 heteroatoms. The quantitative estimate of drug-likeness (QED) is 0.507. The van der Waals surface area contributed by atoms with Crippen LogP contribution in [0.1, 0.15) is 26.3 Å². The number of carbonyl (C=O) groups excluding carboxylic acids is 1. The molecule has 0 saturated heterocycles. The first-order chi connectivity index (χ1) is 10.8. The lowest BCUT2D eigenvalue weighted by molar-refractivity contribution is -0.385. The molecule has 0 spiro atoms. The minimum absolute atomic E-state index is 0.0266. The molecule has 0 aliphatic carbocycles. The highest BCUT2D eigenvalue weighted by molar-refractivity contribution is 6.12. The maximum atomic E-state index is 12.4. The molecule has 0 atom stereocenters. The molecule has 0 radical (unpaired) electrons. The van der Waals surface area contributed by atoms with Crippen molar-refractivity contribution in [1.29, 1.82) is 0 Å². The van der Waals surface area contributed by atoms with Gasteiger partial charge in [-0.2, -0.15) is 0 Å². The number of hydrogen-bond acceptors (Lipinski definition) is 6.